The number of aromatic nitrogens is 4. The van der Waals surface area contributed by atoms with Gasteiger partial charge in [0.05, 0.1) is 27.7 Å². The minimum atomic E-state index is -0.665. The largest absolute Gasteiger partial charge is 0.350 e. The smallest absolute Gasteiger partial charge is 0.340 e. The van der Waals surface area contributed by atoms with Gasteiger partial charge in [-0.1, -0.05) is 6.07 Å². The van der Waals surface area contributed by atoms with Gasteiger partial charge in [0, 0.05) is 11.9 Å². The van der Waals surface area contributed by atoms with Gasteiger partial charge in [0.1, 0.15) is 5.69 Å². The van der Waals surface area contributed by atoms with Gasteiger partial charge in [0.2, 0.25) is 5.91 Å². The summed E-state index contributed by atoms with van der Waals surface area (Å²) in [4.78, 5) is 34.3. The number of imidazole rings is 1. The highest BCUT2D eigenvalue weighted by atomic mass is 16.2. The number of hydrogen-bond donors (Lipinski definition) is 2. The second kappa shape index (κ2) is 5.66. The summed E-state index contributed by atoms with van der Waals surface area (Å²) in [6, 6.07) is 11.4. The minimum Gasteiger partial charge on any atom is -0.350 e. The van der Waals surface area contributed by atoms with Crippen LogP contribution in [0.3, 0.4) is 0 Å². The topological polar surface area (TPSA) is 110 Å². The Bertz CT molecular complexity index is 1330. The average molecular weight is 387 g/mol. The van der Waals surface area contributed by atoms with E-state index in [0.29, 0.717) is 23.6 Å². The van der Waals surface area contributed by atoms with Gasteiger partial charge in [-0.05, 0) is 56.7 Å². The monoisotopic (exact) mass is 387 g/mol. The number of primary amides is 1. The SMILES string of the molecule is CCN1C(=O)C(C)(C)c2cc3nc(-c4nn(C(N)=O)c5cc[c]cc45)[nH]c3cc21. The number of benzene rings is 2. The Kier molecular flexibility index (Phi) is 3.40. The predicted octanol–water partition coefficient (Wildman–Crippen LogP) is 2.95. The second-order valence-electron chi connectivity index (χ2n) is 7.69. The van der Waals surface area contributed by atoms with Crippen LogP contribution in [0.1, 0.15) is 26.3 Å². The number of anilines is 1. The number of amides is 2. The van der Waals surface area contributed by atoms with Crippen molar-refractivity contribution in [2.75, 3.05) is 11.4 Å². The average Bonchev–Trinajstić information content (AvgIpc) is 3.32. The molecular formula is C21H19N6O2. The van der Waals surface area contributed by atoms with E-state index >= 15 is 0 Å². The maximum atomic E-state index is 12.8. The van der Waals surface area contributed by atoms with Crippen molar-refractivity contribution in [3.63, 3.8) is 0 Å². The van der Waals surface area contributed by atoms with E-state index < -0.39 is 11.4 Å². The summed E-state index contributed by atoms with van der Waals surface area (Å²) >= 11 is 0. The Hall–Kier alpha value is -3.68. The Morgan fingerprint density at radius 3 is 2.86 bits per heavy atom. The van der Waals surface area contributed by atoms with Gasteiger partial charge in [-0.15, -0.1) is 0 Å². The summed E-state index contributed by atoms with van der Waals surface area (Å²) in [5.74, 6) is 0.616. The lowest BCUT2D eigenvalue weighted by atomic mass is 9.86. The third-order valence-corrected chi connectivity index (χ3v) is 5.62. The van der Waals surface area contributed by atoms with Crippen LogP contribution in [0.2, 0.25) is 0 Å². The summed E-state index contributed by atoms with van der Waals surface area (Å²) in [7, 11) is 0. The fraction of sp³-hybridized carbons (Fsp3) is 0.238. The maximum absolute atomic E-state index is 12.8. The molecule has 0 atom stereocenters. The molecule has 4 aromatic rings. The molecule has 5 rings (SSSR count). The summed E-state index contributed by atoms with van der Waals surface area (Å²) in [6.07, 6.45) is 0. The molecule has 0 unspecified atom stereocenters. The second-order valence-corrected chi connectivity index (χ2v) is 7.69. The van der Waals surface area contributed by atoms with Crippen molar-refractivity contribution in [2.24, 2.45) is 5.73 Å². The normalized spacial score (nSPS) is 15.4. The lowest BCUT2D eigenvalue weighted by Crippen LogP contribution is -2.35. The minimum absolute atomic E-state index is 0.0876. The Morgan fingerprint density at radius 1 is 1.34 bits per heavy atom. The fourth-order valence-corrected chi connectivity index (χ4v) is 4.10. The van der Waals surface area contributed by atoms with Crippen LogP contribution in [0.15, 0.2) is 30.3 Å². The molecule has 0 bridgehead atoms. The van der Waals surface area contributed by atoms with E-state index in [9.17, 15) is 9.59 Å². The van der Waals surface area contributed by atoms with Gasteiger partial charge in [0.15, 0.2) is 5.82 Å². The van der Waals surface area contributed by atoms with Crippen LogP contribution in [0, 0.1) is 6.07 Å². The Morgan fingerprint density at radius 2 is 2.14 bits per heavy atom. The zero-order chi connectivity index (χ0) is 20.5. The zero-order valence-electron chi connectivity index (χ0n) is 16.3. The number of hydrogen-bond acceptors (Lipinski definition) is 4. The van der Waals surface area contributed by atoms with E-state index in [0.717, 1.165) is 32.4 Å². The van der Waals surface area contributed by atoms with E-state index in [1.807, 2.05) is 32.9 Å². The van der Waals surface area contributed by atoms with Gasteiger partial charge < -0.3 is 15.6 Å². The zero-order valence-corrected chi connectivity index (χ0v) is 16.3. The van der Waals surface area contributed by atoms with Crippen molar-refractivity contribution in [3.05, 3.63) is 42.0 Å². The summed E-state index contributed by atoms with van der Waals surface area (Å²) in [5.41, 5.74) is 9.36. The van der Waals surface area contributed by atoms with E-state index in [2.05, 4.69) is 16.1 Å². The number of nitrogens with zero attached hydrogens (tertiary/aromatic N) is 4. The van der Waals surface area contributed by atoms with Crippen LogP contribution in [0.5, 0.6) is 0 Å². The lowest BCUT2D eigenvalue weighted by molar-refractivity contribution is -0.122. The highest BCUT2D eigenvalue weighted by Gasteiger charge is 2.43. The van der Waals surface area contributed by atoms with Crippen LogP contribution in [0.4, 0.5) is 10.5 Å². The highest BCUT2D eigenvalue weighted by Crippen LogP contribution is 2.43. The van der Waals surface area contributed by atoms with E-state index in [1.165, 1.54) is 0 Å². The predicted molar refractivity (Wildman–Crippen MR) is 110 cm³/mol. The van der Waals surface area contributed by atoms with Crippen molar-refractivity contribution < 1.29 is 9.59 Å². The van der Waals surface area contributed by atoms with Crippen LogP contribution in [-0.2, 0) is 10.2 Å². The van der Waals surface area contributed by atoms with Crippen molar-refractivity contribution in [2.45, 2.75) is 26.2 Å². The summed E-state index contributed by atoms with van der Waals surface area (Å²) in [5, 5.41) is 5.09. The molecule has 2 amide bonds. The molecule has 29 heavy (non-hydrogen) atoms. The first-order chi connectivity index (χ1) is 13.8. The van der Waals surface area contributed by atoms with Gasteiger partial charge >= 0.3 is 6.03 Å². The molecule has 1 radical (unpaired) electrons. The van der Waals surface area contributed by atoms with E-state index in [1.54, 1.807) is 23.1 Å². The summed E-state index contributed by atoms with van der Waals surface area (Å²) < 4.78 is 1.16. The van der Waals surface area contributed by atoms with Crippen LogP contribution >= 0.6 is 0 Å². The molecule has 3 N–H and O–H groups in total. The number of nitrogens with two attached hydrogens (primary N) is 1. The van der Waals surface area contributed by atoms with Gasteiger partial charge in [-0.2, -0.15) is 9.78 Å². The molecule has 0 fully saturated rings. The van der Waals surface area contributed by atoms with Gasteiger partial charge in [0.25, 0.3) is 0 Å². The Balaban J connectivity index is 1.73. The van der Waals surface area contributed by atoms with E-state index in [-0.39, 0.29) is 5.91 Å². The highest BCUT2D eigenvalue weighted by molar-refractivity contribution is 6.09. The molecular weight excluding hydrogens is 368 g/mol. The molecule has 145 valence electrons. The molecule has 3 heterocycles. The van der Waals surface area contributed by atoms with E-state index in [4.69, 9.17) is 10.7 Å². The molecule has 0 saturated carbocycles. The van der Waals surface area contributed by atoms with Crippen LogP contribution in [0.25, 0.3) is 33.5 Å². The third-order valence-electron chi connectivity index (χ3n) is 5.62. The molecule has 8 nitrogen and oxygen atoms in total. The quantitative estimate of drug-likeness (QED) is 0.551. The van der Waals surface area contributed by atoms with Crippen molar-refractivity contribution >= 4 is 39.6 Å². The number of fused-ring (bicyclic) bond motifs is 3. The Labute approximate surface area is 166 Å². The lowest BCUT2D eigenvalue weighted by Gasteiger charge is -2.18. The molecule has 2 aromatic carbocycles. The molecule has 1 aliphatic heterocycles. The van der Waals surface area contributed by atoms with Gasteiger partial charge in [-0.3, -0.25) is 4.79 Å². The first-order valence-corrected chi connectivity index (χ1v) is 9.38. The number of rotatable bonds is 2. The standard InChI is InChI=1S/C21H19N6O2/c1-4-26-16-10-14-13(9-12(16)21(2,3)19(26)28)23-18(24-14)17-11-7-5-6-8-15(11)27(25-17)20(22)29/h6-10H,4H2,1-3H3,(H2,22,29)(H,23,24). The molecule has 8 heteroatoms. The first-order valence-electron chi connectivity index (χ1n) is 9.38. The summed E-state index contributed by atoms with van der Waals surface area (Å²) in [6.45, 7) is 6.43. The third kappa shape index (κ3) is 2.25. The molecule has 0 spiro atoms. The number of nitrogens with one attached hydrogen (secondary N) is 1. The van der Waals surface area contributed by atoms with Crippen LogP contribution < -0.4 is 10.6 Å². The number of likely N-dealkylation sites (N-methyl/N-ethyl adjacent to an activating group) is 1. The number of aromatic amines is 1. The fourth-order valence-electron chi connectivity index (χ4n) is 4.10. The molecule has 0 aliphatic carbocycles. The molecule has 1 aliphatic rings. The van der Waals surface area contributed by atoms with Crippen molar-refractivity contribution in [3.8, 4) is 11.5 Å². The van der Waals surface area contributed by atoms with Crippen molar-refractivity contribution in [1.82, 2.24) is 19.7 Å². The van der Waals surface area contributed by atoms with Crippen molar-refractivity contribution in [1.29, 1.82) is 0 Å². The number of carbonyl (C=O) groups is 2. The number of carbonyl (C=O) groups excluding carboxylic acids is 2. The molecule has 2 aromatic heterocycles. The number of H-pyrrole nitrogens is 1. The first kappa shape index (κ1) is 17.4. The van der Waals surface area contributed by atoms with Crippen LogP contribution in [-0.4, -0.2) is 38.2 Å². The van der Waals surface area contributed by atoms with Gasteiger partial charge in [-0.25, -0.2) is 9.78 Å². The molecule has 0 saturated heterocycles. The maximum Gasteiger partial charge on any atom is 0.340 e.